The molecule has 0 aliphatic heterocycles. The summed E-state index contributed by atoms with van der Waals surface area (Å²) in [6, 6.07) is 3.76. The van der Waals surface area contributed by atoms with Gasteiger partial charge in [0.2, 0.25) is 0 Å². The number of carbonyl (C=O) groups is 1. The number of carbonyl (C=O) groups excluding carboxylic acids is 1. The molecule has 4 saturated carbocycles. The number of hydrogen-bond donors (Lipinski definition) is 4. The van der Waals surface area contributed by atoms with Gasteiger partial charge in [0.1, 0.15) is 5.82 Å². The highest BCUT2D eigenvalue weighted by Crippen LogP contribution is 2.69. The normalized spacial score (nSPS) is 41.0. The molecule has 2 amide bonds. The number of amides is 2. The number of urea groups is 1. The summed E-state index contributed by atoms with van der Waals surface area (Å²) in [5.74, 6) is 2.00. The van der Waals surface area contributed by atoms with Crippen molar-refractivity contribution >= 4 is 16.1 Å². The third kappa shape index (κ3) is 5.44. The Morgan fingerprint density at radius 3 is 2.49 bits per heavy atom. The smallest absolute Gasteiger partial charge is 0.328 e. The first kappa shape index (κ1) is 30.7. The van der Waals surface area contributed by atoms with Crippen LogP contribution >= 0.6 is 0 Å². The van der Waals surface area contributed by atoms with Crippen molar-refractivity contribution in [1.82, 2.24) is 10.0 Å². The van der Waals surface area contributed by atoms with Crippen molar-refractivity contribution in [3.63, 3.8) is 0 Å². The van der Waals surface area contributed by atoms with Gasteiger partial charge in [-0.3, -0.25) is 0 Å². The van der Waals surface area contributed by atoms with Gasteiger partial charge in [0.25, 0.3) is 10.0 Å². The Morgan fingerprint density at radius 2 is 1.78 bits per heavy atom. The number of aliphatic hydroxyl groups is 2. The number of hydrogen-bond acceptors (Lipinski definition) is 5. The third-order valence-corrected chi connectivity index (χ3v) is 13.7. The second kappa shape index (κ2) is 11.4. The SMILES string of the molecule is CC[C@H]1[C@@H](O)[C@@H]2[C@H](CC[C@]3(C)[C@@H]([C@H](C)CCNC(=O)NS(=O)(=O)c4cccc(F)c4)CC[C@@H]23)[C@@]2(C)CC[C@@H](O)C[C@@H]12. The number of benzene rings is 1. The number of fused-ring (bicyclic) bond motifs is 5. The number of aliphatic hydroxyl groups excluding tert-OH is 2. The average molecular weight is 593 g/mol. The number of halogens is 1. The molecule has 7 nitrogen and oxygen atoms in total. The van der Waals surface area contributed by atoms with Crippen LogP contribution in [0.5, 0.6) is 0 Å². The van der Waals surface area contributed by atoms with Gasteiger partial charge in [0.05, 0.1) is 17.1 Å². The van der Waals surface area contributed by atoms with E-state index in [4.69, 9.17) is 0 Å². The topological polar surface area (TPSA) is 116 Å². The fraction of sp³-hybridized carbons (Fsp3) is 0.781. The van der Waals surface area contributed by atoms with Crippen LogP contribution in [0.3, 0.4) is 0 Å². The van der Waals surface area contributed by atoms with Gasteiger partial charge in [-0.15, -0.1) is 0 Å². The molecule has 0 aromatic heterocycles. The van der Waals surface area contributed by atoms with Crippen LogP contribution in [-0.2, 0) is 10.0 Å². The van der Waals surface area contributed by atoms with Gasteiger partial charge in [0, 0.05) is 6.54 Å². The summed E-state index contributed by atoms with van der Waals surface area (Å²) in [5, 5.41) is 25.1. The molecule has 11 atom stereocenters. The lowest BCUT2D eigenvalue weighted by molar-refractivity contribution is -0.203. The van der Waals surface area contributed by atoms with E-state index in [2.05, 4.69) is 33.0 Å². The van der Waals surface area contributed by atoms with Crippen LogP contribution in [0.15, 0.2) is 29.2 Å². The zero-order valence-electron chi connectivity index (χ0n) is 25.0. The van der Waals surface area contributed by atoms with Crippen molar-refractivity contribution in [2.75, 3.05) is 6.54 Å². The molecule has 0 spiro atoms. The molecule has 0 unspecified atom stereocenters. The van der Waals surface area contributed by atoms with Crippen molar-refractivity contribution in [1.29, 1.82) is 0 Å². The molecule has 4 aliphatic carbocycles. The van der Waals surface area contributed by atoms with Gasteiger partial charge in [0.15, 0.2) is 0 Å². The summed E-state index contributed by atoms with van der Waals surface area (Å²) >= 11 is 0. The molecule has 1 aromatic carbocycles. The van der Waals surface area contributed by atoms with E-state index in [1.165, 1.54) is 12.1 Å². The summed E-state index contributed by atoms with van der Waals surface area (Å²) in [4.78, 5) is 12.1. The van der Waals surface area contributed by atoms with Gasteiger partial charge in [-0.2, -0.15) is 0 Å². The summed E-state index contributed by atoms with van der Waals surface area (Å²) in [5.41, 5.74) is 0.304. The van der Waals surface area contributed by atoms with E-state index in [-0.39, 0.29) is 33.9 Å². The van der Waals surface area contributed by atoms with Gasteiger partial charge in [-0.25, -0.2) is 22.3 Å². The first-order chi connectivity index (χ1) is 19.3. The molecule has 4 N–H and O–H groups in total. The van der Waals surface area contributed by atoms with Crippen LogP contribution in [0.25, 0.3) is 0 Å². The maximum absolute atomic E-state index is 13.5. The van der Waals surface area contributed by atoms with E-state index in [9.17, 15) is 27.8 Å². The highest BCUT2D eigenvalue weighted by atomic mass is 32.2. The Hall–Kier alpha value is -1.71. The molecule has 9 heteroatoms. The highest BCUT2D eigenvalue weighted by molar-refractivity contribution is 7.90. The van der Waals surface area contributed by atoms with E-state index in [1.54, 1.807) is 0 Å². The Labute approximate surface area is 245 Å². The Morgan fingerprint density at radius 1 is 1.07 bits per heavy atom. The maximum atomic E-state index is 13.5. The first-order valence-corrected chi connectivity index (χ1v) is 17.2. The molecule has 230 valence electrons. The maximum Gasteiger partial charge on any atom is 0.328 e. The lowest BCUT2D eigenvalue weighted by atomic mass is 9.41. The van der Waals surface area contributed by atoms with Crippen molar-refractivity contribution in [2.45, 2.75) is 103 Å². The molecule has 4 aliphatic rings. The van der Waals surface area contributed by atoms with E-state index >= 15 is 0 Å². The van der Waals surface area contributed by atoms with Crippen molar-refractivity contribution in [2.24, 2.45) is 52.3 Å². The zero-order chi connectivity index (χ0) is 29.7. The summed E-state index contributed by atoms with van der Waals surface area (Å²) in [7, 11) is -4.15. The van der Waals surface area contributed by atoms with Crippen LogP contribution in [0.1, 0.15) is 85.5 Å². The zero-order valence-corrected chi connectivity index (χ0v) is 25.8. The van der Waals surface area contributed by atoms with Crippen LogP contribution in [-0.4, -0.2) is 43.4 Å². The van der Waals surface area contributed by atoms with Crippen molar-refractivity contribution < 1.29 is 27.8 Å². The Bertz CT molecular complexity index is 1230. The fourth-order valence-electron chi connectivity index (χ4n) is 10.4. The van der Waals surface area contributed by atoms with Gasteiger partial charge in [-0.1, -0.05) is 40.2 Å². The highest BCUT2D eigenvalue weighted by Gasteiger charge is 2.64. The lowest BCUT2D eigenvalue weighted by Gasteiger charge is -2.64. The molecular formula is C32H49FN2O5S. The minimum atomic E-state index is -4.15. The standard InChI is InChI=1S/C32H49FN2O5S/c1-5-23-27-18-21(36)11-14-32(27,4)26-12-15-31(3)24(9-10-25(31)28(26)29(23)37)19(2)13-16-34-30(38)35-41(39,40)22-8-6-7-20(33)17-22/h6-8,17,19,21,23-29,36-37H,5,9-16,18H2,1-4H3,(H2,34,35,38)/t19-,21-,23-,24-,25+,26+,27+,28+,29-,31-,32-/m1/s1. The quantitative estimate of drug-likeness (QED) is 0.335. The summed E-state index contributed by atoms with van der Waals surface area (Å²) < 4.78 is 40.3. The van der Waals surface area contributed by atoms with E-state index in [1.807, 2.05) is 4.72 Å². The summed E-state index contributed by atoms with van der Waals surface area (Å²) in [6.45, 7) is 9.67. The van der Waals surface area contributed by atoms with Crippen LogP contribution in [0, 0.1) is 58.1 Å². The Balaban J connectivity index is 1.22. The largest absolute Gasteiger partial charge is 0.393 e. The molecule has 0 saturated heterocycles. The first-order valence-electron chi connectivity index (χ1n) is 15.7. The van der Waals surface area contributed by atoms with Crippen LogP contribution in [0.2, 0.25) is 0 Å². The number of nitrogens with one attached hydrogen (secondary N) is 2. The predicted octanol–water partition coefficient (Wildman–Crippen LogP) is 5.47. The molecule has 4 fully saturated rings. The van der Waals surface area contributed by atoms with Crippen molar-refractivity contribution in [3.05, 3.63) is 30.1 Å². The molecular weight excluding hydrogens is 543 g/mol. The average Bonchev–Trinajstić information content (AvgIpc) is 3.27. The van der Waals surface area contributed by atoms with Gasteiger partial charge < -0.3 is 15.5 Å². The van der Waals surface area contributed by atoms with Crippen LogP contribution < -0.4 is 10.0 Å². The monoisotopic (exact) mass is 592 g/mol. The molecule has 0 radical (unpaired) electrons. The van der Waals surface area contributed by atoms with E-state index in [0.717, 1.165) is 69.9 Å². The van der Waals surface area contributed by atoms with Crippen molar-refractivity contribution in [3.8, 4) is 0 Å². The third-order valence-electron chi connectivity index (χ3n) is 12.4. The number of rotatable bonds is 7. The van der Waals surface area contributed by atoms with Crippen LogP contribution in [0.4, 0.5) is 9.18 Å². The van der Waals surface area contributed by atoms with Gasteiger partial charge >= 0.3 is 6.03 Å². The van der Waals surface area contributed by atoms with Gasteiger partial charge in [-0.05, 0) is 122 Å². The minimum Gasteiger partial charge on any atom is -0.393 e. The minimum absolute atomic E-state index is 0.125. The fourth-order valence-corrected chi connectivity index (χ4v) is 11.4. The lowest BCUT2D eigenvalue weighted by Crippen LogP contribution is -2.62. The van der Waals surface area contributed by atoms with E-state index in [0.29, 0.717) is 42.1 Å². The molecule has 0 heterocycles. The number of sulfonamides is 1. The molecule has 5 rings (SSSR count). The molecule has 0 bridgehead atoms. The molecule has 41 heavy (non-hydrogen) atoms. The molecule has 1 aromatic rings. The Kier molecular flexibility index (Phi) is 8.56. The van der Waals surface area contributed by atoms with E-state index < -0.39 is 21.9 Å². The second-order valence-corrected chi connectivity index (χ2v) is 15.9. The predicted molar refractivity (Wildman–Crippen MR) is 156 cm³/mol. The second-order valence-electron chi connectivity index (χ2n) is 14.2. The summed E-state index contributed by atoms with van der Waals surface area (Å²) in [6.07, 6.45) is 8.33.